The molecule has 0 bridgehead atoms. The second kappa shape index (κ2) is 18.0. The highest BCUT2D eigenvalue weighted by atomic mass is 32.2. The van der Waals surface area contributed by atoms with Gasteiger partial charge in [-0.15, -0.1) is 11.8 Å². The first kappa shape index (κ1) is 40.1. The van der Waals surface area contributed by atoms with E-state index in [2.05, 4.69) is 4.74 Å². The van der Waals surface area contributed by atoms with Gasteiger partial charge in [0.1, 0.15) is 17.1 Å². The van der Waals surface area contributed by atoms with Crippen molar-refractivity contribution >= 4 is 34.7 Å². The minimum atomic E-state index is -5.77. The van der Waals surface area contributed by atoms with E-state index in [1.165, 1.54) is 43.3 Å². The number of hydrogen-bond acceptors (Lipinski definition) is 9. The van der Waals surface area contributed by atoms with Gasteiger partial charge in [0.05, 0.1) is 35.0 Å². The summed E-state index contributed by atoms with van der Waals surface area (Å²) in [5.74, 6) is -5.41. The third kappa shape index (κ3) is 11.3. The summed E-state index contributed by atoms with van der Waals surface area (Å²) in [6.07, 6.45) is -2.01. The largest absolute Gasteiger partial charge is 0.513 e. The number of aromatic hydroxyl groups is 1. The number of benzene rings is 2. The zero-order valence-corrected chi connectivity index (χ0v) is 28.0. The van der Waals surface area contributed by atoms with Gasteiger partial charge in [0, 0.05) is 16.9 Å². The summed E-state index contributed by atoms with van der Waals surface area (Å²) in [6, 6.07) is 8.17. The van der Waals surface area contributed by atoms with Crippen LogP contribution in [-0.2, 0) is 6.42 Å². The Hall–Kier alpha value is -4.37. The van der Waals surface area contributed by atoms with E-state index in [0.717, 1.165) is 24.2 Å². The number of fused-ring (bicyclic) bond motifs is 1. The molecular weight excluding hydrogens is 691 g/mol. The van der Waals surface area contributed by atoms with Gasteiger partial charge in [0.2, 0.25) is 0 Å². The first-order chi connectivity index (χ1) is 23.5. The molecule has 3 rings (SSSR count). The molecule has 0 aliphatic rings. The number of aliphatic hydroxyl groups excluding tert-OH is 1. The van der Waals surface area contributed by atoms with E-state index in [-0.39, 0.29) is 28.1 Å². The van der Waals surface area contributed by atoms with Crippen molar-refractivity contribution in [2.24, 2.45) is 0 Å². The molecule has 2 aromatic carbocycles. The molecule has 50 heavy (non-hydrogen) atoms. The van der Waals surface area contributed by atoms with Crippen LogP contribution in [-0.4, -0.2) is 57.3 Å². The fraction of sp³-hybridized carbons (Fsp3) is 0.400. The number of Topliss-reactive ketones (excluding diaryl/α,β-unsaturated/α-hetero) is 1. The number of ether oxygens (including phenoxy) is 2. The first-order valence-electron chi connectivity index (χ1n) is 15.6. The summed E-state index contributed by atoms with van der Waals surface area (Å²) in [7, 11) is 0. The molecule has 9 nitrogen and oxygen atoms in total. The lowest BCUT2D eigenvalue weighted by atomic mass is 10.0. The molecule has 0 fully saturated rings. The summed E-state index contributed by atoms with van der Waals surface area (Å²) in [4.78, 5) is 35.3. The lowest BCUT2D eigenvalue weighted by Gasteiger charge is -2.24. The zero-order chi connectivity index (χ0) is 37.1. The third-order valence-electron chi connectivity index (χ3n) is 7.38. The number of rotatable bonds is 18. The predicted octanol–water partition coefficient (Wildman–Crippen LogP) is 8.87. The van der Waals surface area contributed by atoms with Crippen LogP contribution in [0.5, 0.6) is 17.4 Å². The van der Waals surface area contributed by atoms with Crippen LogP contribution in [0.15, 0.2) is 74.8 Å². The maximum atomic E-state index is 13.6. The highest BCUT2D eigenvalue weighted by Crippen LogP contribution is 2.40. The van der Waals surface area contributed by atoms with E-state index in [9.17, 15) is 46.5 Å². The minimum Gasteiger partial charge on any atom is -0.507 e. The number of thioether (sulfide) groups is 1. The number of hydrogen-bond donors (Lipinski definition) is 3. The number of aliphatic hydroxyl groups is 1. The number of halogens is 5. The fourth-order valence-electron chi connectivity index (χ4n) is 4.78. The fourth-order valence-corrected chi connectivity index (χ4v) is 5.88. The molecule has 0 saturated carbocycles. The Labute approximate surface area is 288 Å². The van der Waals surface area contributed by atoms with Crippen LogP contribution in [0.1, 0.15) is 68.3 Å². The van der Waals surface area contributed by atoms with E-state index in [1.54, 1.807) is 18.2 Å². The Morgan fingerprint density at radius 3 is 2.46 bits per heavy atom. The van der Waals surface area contributed by atoms with Crippen molar-refractivity contribution in [2.45, 2.75) is 87.1 Å². The summed E-state index contributed by atoms with van der Waals surface area (Å²) < 4.78 is 81.0. The summed E-state index contributed by atoms with van der Waals surface area (Å²) in [6.45, 7) is 3.67. The van der Waals surface area contributed by atoms with Crippen molar-refractivity contribution in [3.63, 3.8) is 0 Å². The molecule has 3 aromatic rings. The third-order valence-corrected chi connectivity index (χ3v) is 8.65. The van der Waals surface area contributed by atoms with Gasteiger partial charge in [-0.05, 0) is 69.4 Å². The van der Waals surface area contributed by atoms with Crippen molar-refractivity contribution in [1.29, 1.82) is 0 Å². The Morgan fingerprint density at radius 1 is 1.06 bits per heavy atom. The van der Waals surface area contributed by atoms with Gasteiger partial charge >= 0.3 is 18.3 Å². The number of unbranched alkanes of at least 4 members (excludes halogenated alkanes) is 2. The summed E-state index contributed by atoms with van der Waals surface area (Å²) >= 11 is 0.907. The molecule has 272 valence electrons. The number of carboxylic acid groups (broad SMARTS) is 1. The van der Waals surface area contributed by atoms with Gasteiger partial charge in [-0.2, -0.15) is 22.0 Å². The molecule has 0 amide bonds. The van der Waals surface area contributed by atoms with Gasteiger partial charge in [0.25, 0.3) is 5.95 Å². The van der Waals surface area contributed by atoms with Crippen molar-refractivity contribution in [3.8, 4) is 17.4 Å². The first-order valence-corrected chi connectivity index (χ1v) is 16.5. The Bertz CT molecular complexity index is 1750. The lowest BCUT2D eigenvalue weighted by molar-refractivity contribution is -0.285. The van der Waals surface area contributed by atoms with Crippen LogP contribution in [0.4, 0.5) is 26.7 Å². The number of ketones is 1. The van der Waals surface area contributed by atoms with Crippen LogP contribution in [0.2, 0.25) is 0 Å². The Morgan fingerprint density at radius 2 is 1.80 bits per heavy atom. The Balaban J connectivity index is 1.66. The van der Waals surface area contributed by atoms with Crippen LogP contribution in [0.3, 0.4) is 0 Å². The second-order valence-electron chi connectivity index (χ2n) is 11.2. The summed E-state index contributed by atoms with van der Waals surface area (Å²) in [5.41, 5.74) is 0.131. The number of alkyl halides is 5. The average Bonchev–Trinajstić information content (AvgIpc) is 3.02. The molecule has 1 heterocycles. The molecule has 1 aromatic heterocycles. The highest BCUT2D eigenvalue weighted by molar-refractivity contribution is 8.00. The molecule has 0 spiro atoms. The molecule has 0 aliphatic carbocycles. The quantitative estimate of drug-likeness (QED) is 0.0290. The van der Waals surface area contributed by atoms with Crippen LogP contribution < -0.4 is 14.9 Å². The molecule has 0 saturated heterocycles. The normalized spacial score (nSPS) is 13.6. The number of carbonyl (C=O) groups excluding carboxylic acids is 1. The molecule has 2 atom stereocenters. The van der Waals surface area contributed by atoms with Crippen LogP contribution in [0, 0.1) is 0 Å². The topological polar surface area (TPSA) is 144 Å². The highest BCUT2D eigenvalue weighted by Gasteiger charge is 2.56. The predicted molar refractivity (Wildman–Crippen MR) is 177 cm³/mol. The van der Waals surface area contributed by atoms with Gasteiger partial charge in [-0.1, -0.05) is 37.6 Å². The SMILES string of the molecule is CCCc1c(OCCCC/C=C\C=C\[C@H](Sc2ccc3c(=O)cc(OC(=O)O)oc3c2)[C@H](O)CCC(F)(F)C(F)(F)F)ccc(C(C)=O)c1O. The van der Waals surface area contributed by atoms with E-state index in [1.807, 2.05) is 6.92 Å². The maximum Gasteiger partial charge on any atom is 0.513 e. The van der Waals surface area contributed by atoms with Crippen LogP contribution >= 0.6 is 11.8 Å². The zero-order valence-electron chi connectivity index (χ0n) is 27.2. The number of allylic oxidation sites excluding steroid dienone is 3. The van der Waals surface area contributed by atoms with Gasteiger partial charge < -0.3 is 29.2 Å². The average molecular weight is 729 g/mol. The molecule has 15 heteroatoms. The molecule has 0 radical (unpaired) electrons. The van der Waals surface area contributed by atoms with Crippen LogP contribution in [0.25, 0.3) is 11.0 Å². The standard InChI is InChI=1S/C35H37F5O9S/c1-3-10-25-28(15-14-23(21(2)41)32(25)44)47-18-9-7-5-4-6-8-11-30(26(42)16-17-34(36,37)35(38,39)40)50-22-12-13-24-27(43)20-31(49-33(45)46)48-29(24)19-22/h4,6,8,11-15,19-20,26,30,42,44H,3,5,7,9-10,16-18H2,1-2H3,(H,45,46)/b6-4-,11-8+/t26-,30+/m1/s1. The summed E-state index contributed by atoms with van der Waals surface area (Å²) in [5, 5.41) is 29.1. The number of carbonyl (C=O) groups is 2. The van der Waals surface area contributed by atoms with Gasteiger partial charge in [-0.25, -0.2) is 4.79 Å². The minimum absolute atomic E-state index is 0.0725. The number of phenols is 1. The Kier molecular flexibility index (Phi) is 14.5. The van der Waals surface area contributed by atoms with Gasteiger partial charge in [0.15, 0.2) is 11.2 Å². The van der Waals surface area contributed by atoms with E-state index < -0.39 is 53.8 Å². The monoisotopic (exact) mass is 728 g/mol. The number of phenolic OH excluding ortho intramolecular Hbond substituents is 1. The smallest absolute Gasteiger partial charge is 0.507 e. The van der Waals surface area contributed by atoms with Crippen molar-refractivity contribution in [3.05, 3.63) is 82.1 Å². The second-order valence-corrected chi connectivity index (χ2v) is 12.5. The van der Waals surface area contributed by atoms with Crippen molar-refractivity contribution in [1.82, 2.24) is 0 Å². The van der Waals surface area contributed by atoms with E-state index in [4.69, 9.17) is 14.3 Å². The molecule has 3 N–H and O–H groups in total. The van der Waals surface area contributed by atoms with E-state index in [0.29, 0.717) is 48.5 Å². The lowest BCUT2D eigenvalue weighted by Crippen LogP contribution is -2.37. The maximum absolute atomic E-state index is 13.6. The van der Waals surface area contributed by atoms with Crippen molar-refractivity contribution < 1.29 is 60.8 Å². The molecular formula is C35H37F5O9S. The van der Waals surface area contributed by atoms with E-state index >= 15 is 0 Å². The van der Waals surface area contributed by atoms with Crippen molar-refractivity contribution in [2.75, 3.05) is 6.61 Å². The van der Waals surface area contributed by atoms with Gasteiger partial charge in [-0.3, -0.25) is 9.59 Å². The molecule has 0 aliphatic heterocycles. The molecule has 0 unspecified atom stereocenters.